The standard InChI is InChI=1S/C21H38N12O5/c1-11(22)16(34)31-13(4-2-6-28-20(23)24)17(35)33-15(8-12-9-27-10-30-12)18(36)32-14(19(37)38)5-3-7-29-21(25)26/h9-11,13-15H,2-8,22H2,1H3,(H,27,30)(H,31,34)(H,32,36)(H,33,35)(H,37,38)(H4,23,24,28)(H4,25,26,29). The van der Waals surface area contributed by atoms with E-state index in [-0.39, 0.29) is 50.7 Å². The van der Waals surface area contributed by atoms with Crippen LogP contribution in [0.15, 0.2) is 22.5 Å². The first kappa shape index (κ1) is 31.6. The minimum atomic E-state index is -1.27. The number of nitrogens with two attached hydrogens (primary N) is 5. The van der Waals surface area contributed by atoms with E-state index in [1.54, 1.807) is 0 Å². The van der Waals surface area contributed by atoms with E-state index in [0.29, 0.717) is 12.1 Å². The molecule has 0 radical (unpaired) electrons. The second kappa shape index (κ2) is 16.4. The molecule has 0 aliphatic heterocycles. The molecule has 1 aromatic rings. The molecular weight excluding hydrogens is 500 g/mol. The molecular formula is C21H38N12O5. The third kappa shape index (κ3) is 12.5. The highest BCUT2D eigenvalue weighted by Gasteiger charge is 2.30. The number of aromatic amines is 1. The molecule has 4 unspecified atom stereocenters. The van der Waals surface area contributed by atoms with E-state index in [0.717, 1.165) is 0 Å². The summed E-state index contributed by atoms with van der Waals surface area (Å²) in [5.41, 5.74) is 27.3. The maximum absolute atomic E-state index is 13.2. The molecule has 0 fully saturated rings. The third-order valence-corrected chi connectivity index (χ3v) is 5.16. The topological polar surface area (TPSA) is 308 Å². The Hall–Kier alpha value is -4.41. The second-order valence-corrected chi connectivity index (χ2v) is 8.49. The van der Waals surface area contributed by atoms with E-state index in [2.05, 4.69) is 35.9 Å². The Morgan fingerprint density at radius 3 is 1.87 bits per heavy atom. The lowest BCUT2D eigenvalue weighted by Crippen LogP contribution is -2.57. The van der Waals surface area contributed by atoms with Gasteiger partial charge in [0.15, 0.2) is 11.9 Å². The van der Waals surface area contributed by atoms with Gasteiger partial charge in [0.05, 0.1) is 12.4 Å². The molecule has 17 nitrogen and oxygen atoms in total. The Balaban J connectivity index is 3.02. The molecule has 212 valence electrons. The predicted molar refractivity (Wildman–Crippen MR) is 139 cm³/mol. The molecule has 1 rings (SSSR count). The van der Waals surface area contributed by atoms with Gasteiger partial charge in [0, 0.05) is 31.4 Å². The minimum Gasteiger partial charge on any atom is -0.480 e. The second-order valence-electron chi connectivity index (χ2n) is 8.49. The quantitative estimate of drug-likeness (QED) is 0.0516. The van der Waals surface area contributed by atoms with Crippen LogP contribution in [0.25, 0.3) is 0 Å². The Morgan fingerprint density at radius 1 is 0.895 bits per heavy atom. The molecule has 15 N–H and O–H groups in total. The number of hydrogen-bond donors (Lipinski definition) is 10. The van der Waals surface area contributed by atoms with Crippen molar-refractivity contribution in [1.29, 1.82) is 0 Å². The number of carboxylic acids is 1. The molecule has 3 amide bonds. The molecule has 0 aliphatic carbocycles. The monoisotopic (exact) mass is 538 g/mol. The first-order chi connectivity index (χ1) is 17.9. The molecule has 4 atom stereocenters. The summed E-state index contributed by atoms with van der Waals surface area (Å²) >= 11 is 0. The summed E-state index contributed by atoms with van der Waals surface area (Å²) in [4.78, 5) is 64.5. The van der Waals surface area contributed by atoms with Crippen molar-refractivity contribution in [3.8, 4) is 0 Å². The van der Waals surface area contributed by atoms with Crippen LogP contribution in [-0.4, -0.2) is 87.9 Å². The van der Waals surface area contributed by atoms with Crippen molar-refractivity contribution < 1.29 is 24.3 Å². The average molecular weight is 539 g/mol. The number of carboxylic acid groups (broad SMARTS) is 1. The molecule has 38 heavy (non-hydrogen) atoms. The summed E-state index contributed by atoms with van der Waals surface area (Å²) in [6.45, 7) is 1.84. The Kier molecular flexibility index (Phi) is 13.6. The van der Waals surface area contributed by atoms with Gasteiger partial charge >= 0.3 is 5.97 Å². The van der Waals surface area contributed by atoms with Crippen LogP contribution >= 0.6 is 0 Å². The first-order valence-electron chi connectivity index (χ1n) is 11.9. The van der Waals surface area contributed by atoms with Crippen molar-refractivity contribution in [1.82, 2.24) is 25.9 Å². The van der Waals surface area contributed by atoms with Gasteiger partial charge in [-0.15, -0.1) is 0 Å². The van der Waals surface area contributed by atoms with Crippen LogP contribution in [0.4, 0.5) is 0 Å². The largest absolute Gasteiger partial charge is 0.480 e. The fourth-order valence-electron chi connectivity index (χ4n) is 3.21. The highest BCUT2D eigenvalue weighted by molar-refractivity contribution is 5.94. The molecule has 0 aliphatic rings. The molecule has 0 spiro atoms. The predicted octanol–water partition coefficient (Wildman–Crippen LogP) is -4.05. The molecule has 1 heterocycles. The van der Waals surface area contributed by atoms with Gasteiger partial charge in [-0.25, -0.2) is 9.78 Å². The number of nitrogens with one attached hydrogen (secondary N) is 4. The number of nitrogens with zero attached hydrogens (tertiary/aromatic N) is 3. The van der Waals surface area contributed by atoms with Crippen LogP contribution in [0.2, 0.25) is 0 Å². The number of imidazole rings is 1. The molecule has 17 heteroatoms. The fourth-order valence-corrected chi connectivity index (χ4v) is 3.21. The fraction of sp³-hybridized carbons (Fsp3) is 0.571. The zero-order chi connectivity index (χ0) is 28.7. The van der Waals surface area contributed by atoms with Crippen molar-refractivity contribution in [2.45, 2.75) is 63.2 Å². The van der Waals surface area contributed by atoms with E-state index in [9.17, 15) is 24.3 Å². The zero-order valence-electron chi connectivity index (χ0n) is 21.2. The number of aliphatic imine (C=N–C) groups is 2. The van der Waals surface area contributed by atoms with Crippen LogP contribution in [0.1, 0.15) is 38.3 Å². The summed E-state index contributed by atoms with van der Waals surface area (Å²) in [7, 11) is 0. The summed E-state index contributed by atoms with van der Waals surface area (Å²) in [5, 5.41) is 17.1. The molecule has 0 saturated carbocycles. The van der Waals surface area contributed by atoms with Gasteiger partial charge in [-0.1, -0.05) is 0 Å². The SMILES string of the molecule is CC(N)C(=O)NC(CCCN=C(N)N)C(=O)NC(Cc1cnc[nH]1)C(=O)NC(CCCN=C(N)N)C(=O)O. The first-order valence-corrected chi connectivity index (χ1v) is 11.9. The van der Waals surface area contributed by atoms with Crippen LogP contribution in [0, 0.1) is 0 Å². The number of carbonyl (C=O) groups is 4. The number of carbonyl (C=O) groups excluding carboxylic acids is 3. The van der Waals surface area contributed by atoms with Crippen molar-refractivity contribution in [3.05, 3.63) is 18.2 Å². The van der Waals surface area contributed by atoms with Crippen molar-refractivity contribution >= 4 is 35.6 Å². The van der Waals surface area contributed by atoms with E-state index >= 15 is 0 Å². The summed E-state index contributed by atoms with van der Waals surface area (Å²) in [6, 6.07) is -4.40. The number of hydrogen-bond acceptors (Lipinski definition) is 8. The Morgan fingerprint density at radius 2 is 1.39 bits per heavy atom. The Labute approximate surface area is 219 Å². The smallest absolute Gasteiger partial charge is 0.326 e. The van der Waals surface area contributed by atoms with E-state index < -0.39 is 47.9 Å². The van der Waals surface area contributed by atoms with Crippen molar-refractivity contribution in [2.75, 3.05) is 13.1 Å². The molecule has 0 saturated heterocycles. The van der Waals surface area contributed by atoms with Gasteiger partial charge in [-0.05, 0) is 32.6 Å². The summed E-state index contributed by atoms with van der Waals surface area (Å²) < 4.78 is 0. The van der Waals surface area contributed by atoms with Crippen LogP contribution in [0.5, 0.6) is 0 Å². The van der Waals surface area contributed by atoms with E-state index in [1.807, 2.05) is 0 Å². The van der Waals surface area contributed by atoms with E-state index in [1.165, 1.54) is 19.4 Å². The lowest BCUT2D eigenvalue weighted by molar-refractivity contribution is -0.142. The molecule has 1 aromatic heterocycles. The molecule has 0 bridgehead atoms. The maximum Gasteiger partial charge on any atom is 0.326 e. The average Bonchev–Trinajstić information content (AvgIpc) is 3.34. The van der Waals surface area contributed by atoms with Gasteiger partial charge in [-0.3, -0.25) is 24.4 Å². The number of rotatable bonds is 17. The number of aliphatic carboxylic acids is 1. The molecule has 0 aromatic carbocycles. The van der Waals surface area contributed by atoms with Gasteiger partial charge in [-0.2, -0.15) is 0 Å². The van der Waals surface area contributed by atoms with Gasteiger partial charge in [0.2, 0.25) is 17.7 Å². The van der Waals surface area contributed by atoms with Crippen LogP contribution < -0.4 is 44.6 Å². The Bertz CT molecular complexity index is 971. The minimum absolute atomic E-state index is 0.0279. The summed E-state index contributed by atoms with van der Waals surface area (Å²) in [6.07, 6.45) is 3.63. The number of aromatic nitrogens is 2. The number of amides is 3. The summed E-state index contributed by atoms with van der Waals surface area (Å²) in [5.74, 6) is -3.52. The van der Waals surface area contributed by atoms with Crippen molar-refractivity contribution in [2.24, 2.45) is 38.7 Å². The number of guanidine groups is 2. The highest BCUT2D eigenvalue weighted by atomic mass is 16.4. The lowest BCUT2D eigenvalue weighted by atomic mass is 10.1. The van der Waals surface area contributed by atoms with Crippen LogP contribution in [0.3, 0.4) is 0 Å². The van der Waals surface area contributed by atoms with Gasteiger partial charge in [0.25, 0.3) is 0 Å². The van der Waals surface area contributed by atoms with Gasteiger partial charge in [0.1, 0.15) is 18.1 Å². The van der Waals surface area contributed by atoms with Crippen LogP contribution in [-0.2, 0) is 25.6 Å². The zero-order valence-corrected chi connectivity index (χ0v) is 21.2. The normalized spacial score (nSPS) is 13.7. The lowest BCUT2D eigenvalue weighted by Gasteiger charge is -2.24. The van der Waals surface area contributed by atoms with Crippen molar-refractivity contribution in [3.63, 3.8) is 0 Å². The van der Waals surface area contributed by atoms with E-state index in [4.69, 9.17) is 28.7 Å². The number of H-pyrrole nitrogens is 1. The third-order valence-electron chi connectivity index (χ3n) is 5.16. The highest BCUT2D eigenvalue weighted by Crippen LogP contribution is 2.06. The van der Waals surface area contributed by atoms with Gasteiger partial charge < -0.3 is 54.7 Å². The maximum atomic E-state index is 13.2.